The molecule has 0 saturated heterocycles. The predicted molar refractivity (Wildman–Crippen MR) is 106 cm³/mol. The Morgan fingerprint density at radius 3 is 2.59 bits per heavy atom. The minimum Gasteiger partial charge on any atom is -0.332 e. The van der Waals surface area contributed by atoms with Gasteiger partial charge in [-0.15, -0.1) is 0 Å². The van der Waals surface area contributed by atoms with Crippen LogP contribution in [0.1, 0.15) is 16.8 Å². The van der Waals surface area contributed by atoms with E-state index < -0.39 is 0 Å². The molecule has 0 fully saturated rings. The maximum Gasteiger partial charge on any atom is 0.227 e. The highest BCUT2D eigenvalue weighted by molar-refractivity contribution is 5.97. The highest BCUT2D eigenvalue weighted by Crippen LogP contribution is 2.33. The van der Waals surface area contributed by atoms with Gasteiger partial charge in [-0.2, -0.15) is 5.10 Å². The van der Waals surface area contributed by atoms with Gasteiger partial charge >= 0.3 is 0 Å². The van der Waals surface area contributed by atoms with Crippen LogP contribution in [-0.2, 0) is 24.3 Å². The molecule has 1 aliphatic heterocycles. The van der Waals surface area contributed by atoms with Crippen LogP contribution in [0.15, 0.2) is 72.8 Å². The Morgan fingerprint density at radius 2 is 1.70 bits per heavy atom. The Bertz CT molecular complexity index is 1130. The maximum atomic E-state index is 12.8. The molecule has 0 atom stereocenters. The van der Waals surface area contributed by atoms with Gasteiger partial charge in [-0.1, -0.05) is 72.8 Å². The molecule has 4 aromatic rings. The molecule has 0 aliphatic carbocycles. The molecule has 4 heteroatoms. The second-order valence-electron chi connectivity index (χ2n) is 6.97. The number of fused-ring (bicyclic) bond motifs is 2. The SMILES string of the molecule is O=C1Cc2c(-c3cccc4ccccc34)n[nH]c2CN1Cc1ccccc1. The van der Waals surface area contributed by atoms with Crippen LogP contribution in [0.3, 0.4) is 0 Å². The summed E-state index contributed by atoms with van der Waals surface area (Å²) in [5.74, 6) is 0.147. The van der Waals surface area contributed by atoms with Crippen molar-refractivity contribution in [2.45, 2.75) is 19.5 Å². The molecule has 27 heavy (non-hydrogen) atoms. The van der Waals surface area contributed by atoms with Gasteiger partial charge in [-0.25, -0.2) is 0 Å². The van der Waals surface area contributed by atoms with E-state index in [-0.39, 0.29) is 5.91 Å². The smallest absolute Gasteiger partial charge is 0.227 e. The zero-order valence-electron chi connectivity index (χ0n) is 14.9. The summed E-state index contributed by atoms with van der Waals surface area (Å²) in [4.78, 5) is 14.7. The molecule has 0 radical (unpaired) electrons. The van der Waals surface area contributed by atoms with Crippen LogP contribution in [-0.4, -0.2) is 21.0 Å². The predicted octanol–water partition coefficient (Wildman–Crippen LogP) is 4.31. The first kappa shape index (κ1) is 15.8. The van der Waals surface area contributed by atoms with Crippen LogP contribution < -0.4 is 0 Å². The molecule has 5 rings (SSSR count). The monoisotopic (exact) mass is 353 g/mol. The van der Waals surface area contributed by atoms with Gasteiger partial charge in [-0.05, 0) is 16.3 Å². The van der Waals surface area contributed by atoms with Crippen molar-refractivity contribution >= 4 is 16.7 Å². The zero-order valence-corrected chi connectivity index (χ0v) is 14.9. The van der Waals surface area contributed by atoms with Gasteiger partial charge in [0.2, 0.25) is 5.91 Å². The van der Waals surface area contributed by atoms with Crippen molar-refractivity contribution in [3.63, 3.8) is 0 Å². The van der Waals surface area contributed by atoms with E-state index in [0.717, 1.165) is 33.5 Å². The minimum absolute atomic E-state index is 0.147. The molecule has 0 bridgehead atoms. The Labute approximate surface area is 157 Å². The first-order valence-electron chi connectivity index (χ1n) is 9.15. The minimum atomic E-state index is 0.147. The second-order valence-corrected chi connectivity index (χ2v) is 6.97. The number of rotatable bonds is 3. The number of amides is 1. The standard InChI is InChI=1S/C23H19N3O/c27-22-13-20-21(15-26(22)14-16-7-2-1-3-8-16)24-25-23(20)19-12-6-10-17-9-4-5-11-18(17)19/h1-12H,13-15H2,(H,24,25). The van der Waals surface area contributed by atoms with Crippen LogP contribution in [0, 0.1) is 0 Å². The van der Waals surface area contributed by atoms with E-state index in [4.69, 9.17) is 0 Å². The van der Waals surface area contributed by atoms with E-state index in [2.05, 4.69) is 46.6 Å². The van der Waals surface area contributed by atoms with Gasteiger partial charge in [0.25, 0.3) is 0 Å². The van der Waals surface area contributed by atoms with Crippen molar-refractivity contribution in [2.75, 3.05) is 0 Å². The van der Waals surface area contributed by atoms with Crippen molar-refractivity contribution in [1.29, 1.82) is 0 Å². The van der Waals surface area contributed by atoms with Gasteiger partial charge in [-0.3, -0.25) is 9.89 Å². The molecule has 2 heterocycles. The van der Waals surface area contributed by atoms with Gasteiger partial charge in [0.05, 0.1) is 24.4 Å². The van der Waals surface area contributed by atoms with Crippen molar-refractivity contribution in [3.05, 3.63) is 89.6 Å². The number of hydrogen-bond donors (Lipinski definition) is 1. The molecule has 1 aliphatic rings. The lowest BCUT2D eigenvalue weighted by Crippen LogP contribution is -2.35. The third-order valence-electron chi connectivity index (χ3n) is 5.24. The molecule has 4 nitrogen and oxygen atoms in total. The van der Waals surface area contributed by atoms with Gasteiger partial charge < -0.3 is 4.90 Å². The Morgan fingerprint density at radius 1 is 0.926 bits per heavy atom. The summed E-state index contributed by atoms with van der Waals surface area (Å²) in [6.07, 6.45) is 0.386. The first-order valence-corrected chi connectivity index (χ1v) is 9.15. The summed E-state index contributed by atoms with van der Waals surface area (Å²) < 4.78 is 0. The Kier molecular flexibility index (Phi) is 3.75. The van der Waals surface area contributed by atoms with Crippen molar-refractivity contribution in [2.24, 2.45) is 0 Å². The van der Waals surface area contributed by atoms with Crippen LogP contribution in [0.4, 0.5) is 0 Å². The molecule has 132 valence electrons. The fourth-order valence-corrected chi connectivity index (χ4v) is 3.87. The number of nitrogens with zero attached hydrogens (tertiary/aromatic N) is 2. The highest BCUT2D eigenvalue weighted by atomic mass is 16.2. The van der Waals surface area contributed by atoms with E-state index in [1.807, 2.05) is 41.3 Å². The topological polar surface area (TPSA) is 49.0 Å². The van der Waals surface area contributed by atoms with E-state index in [1.54, 1.807) is 0 Å². The lowest BCUT2D eigenvalue weighted by atomic mass is 9.95. The molecular weight excluding hydrogens is 334 g/mol. The number of benzene rings is 3. The maximum absolute atomic E-state index is 12.8. The van der Waals surface area contributed by atoms with Gasteiger partial charge in [0.1, 0.15) is 0 Å². The molecule has 1 amide bonds. The summed E-state index contributed by atoms with van der Waals surface area (Å²) >= 11 is 0. The Balaban J connectivity index is 1.51. The van der Waals surface area contributed by atoms with Crippen molar-refractivity contribution in [1.82, 2.24) is 15.1 Å². The van der Waals surface area contributed by atoms with Crippen LogP contribution in [0.25, 0.3) is 22.0 Å². The lowest BCUT2D eigenvalue weighted by molar-refractivity contribution is -0.132. The van der Waals surface area contributed by atoms with Crippen LogP contribution in [0.5, 0.6) is 0 Å². The molecule has 1 N–H and O–H groups in total. The summed E-state index contributed by atoms with van der Waals surface area (Å²) in [6.45, 7) is 1.20. The summed E-state index contributed by atoms with van der Waals surface area (Å²) in [6, 6.07) is 24.6. The number of aromatic amines is 1. The van der Waals surface area contributed by atoms with Crippen LogP contribution >= 0.6 is 0 Å². The number of H-pyrrole nitrogens is 1. The molecule has 0 spiro atoms. The third-order valence-corrected chi connectivity index (χ3v) is 5.24. The average molecular weight is 353 g/mol. The van der Waals surface area contributed by atoms with Crippen LogP contribution in [0.2, 0.25) is 0 Å². The summed E-state index contributed by atoms with van der Waals surface area (Å²) in [5, 5.41) is 10.1. The van der Waals surface area contributed by atoms with Crippen molar-refractivity contribution < 1.29 is 4.79 Å². The van der Waals surface area contributed by atoms with E-state index in [9.17, 15) is 4.79 Å². The largest absolute Gasteiger partial charge is 0.332 e. The average Bonchev–Trinajstić information content (AvgIpc) is 3.11. The van der Waals surface area contributed by atoms with Crippen molar-refractivity contribution in [3.8, 4) is 11.3 Å². The zero-order chi connectivity index (χ0) is 18.2. The van der Waals surface area contributed by atoms with E-state index >= 15 is 0 Å². The number of carbonyl (C=O) groups excluding carboxylic acids is 1. The fraction of sp³-hybridized carbons (Fsp3) is 0.130. The highest BCUT2D eigenvalue weighted by Gasteiger charge is 2.28. The third kappa shape index (κ3) is 2.79. The summed E-state index contributed by atoms with van der Waals surface area (Å²) in [5.41, 5.74) is 5.18. The quantitative estimate of drug-likeness (QED) is 0.596. The second kappa shape index (κ2) is 6.40. The fourth-order valence-electron chi connectivity index (χ4n) is 3.87. The normalized spacial score (nSPS) is 13.8. The lowest BCUT2D eigenvalue weighted by Gasteiger charge is -2.27. The van der Waals surface area contributed by atoms with E-state index in [1.165, 1.54) is 5.39 Å². The Hall–Kier alpha value is -3.40. The first-order chi connectivity index (χ1) is 13.3. The molecule has 1 aromatic heterocycles. The number of nitrogens with one attached hydrogen (secondary N) is 1. The number of carbonyl (C=O) groups is 1. The van der Waals surface area contributed by atoms with Gasteiger partial charge in [0, 0.05) is 17.7 Å². The molecule has 0 saturated carbocycles. The molecule has 0 unspecified atom stereocenters. The molecular formula is C23H19N3O. The number of aromatic nitrogens is 2. The summed E-state index contributed by atoms with van der Waals surface area (Å²) in [7, 11) is 0. The van der Waals surface area contributed by atoms with E-state index in [0.29, 0.717) is 19.5 Å². The van der Waals surface area contributed by atoms with Gasteiger partial charge in [0.15, 0.2) is 0 Å². The number of hydrogen-bond acceptors (Lipinski definition) is 2. The molecule has 3 aromatic carbocycles.